The number of phenolic OH excluding ortho intramolecular Hbond substituents is 1. The Morgan fingerprint density at radius 1 is 1.11 bits per heavy atom. The second-order valence-corrected chi connectivity index (χ2v) is 8.95. The van der Waals surface area contributed by atoms with Crippen molar-refractivity contribution in [3.8, 4) is 5.75 Å². The molecule has 0 saturated heterocycles. The van der Waals surface area contributed by atoms with Crippen LogP contribution in [-0.4, -0.2) is 16.7 Å². The summed E-state index contributed by atoms with van der Waals surface area (Å²) in [7, 11) is 0. The van der Waals surface area contributed by atoms with Crippen molar-refractivity contribution in [1.82, 2.24) is 0 Å². The number of phenols is 1. The highest BCUT2D eigenvalue weighted by Gasteiger charge is 2.43. The highest BCUT2D eigenvalue weighted by Crippen LogP contribution is 2.41. The SMILES string of the molecule is CCC(C)(C)C(=O)OC1(C(C)C)CCCC1.CCC(C)c1ccc(O)cc1. The Hall–Kier alpha value is -1.51. The highest BCUT2D eigenvalue weighted by molar-refractivity contribution is 5.76. The van der Waals surface area contributed by atoms with Crippen LogP contribution in [0, 0.1) is 11.3 Å². The summed E-state index contributed by atoms with van der Waals surface area (Å²) in [6.07, 6.45) is 6.44. The second-order valence-electron chi connectivity index (χ2n) is 8.95. The summed E-state index contributed by atoms with van der Waals surface area (Å²) >= 11 is 0. The van der Waals surface area contributed by atoms with Crippen molar-refractivity contribution in [2.75, 3.05) is 0 Å². The smallest absolute Gasteiger partial charge is 0.312 e. The second kappa shape index (κ2) is 10.1. The van der Waals surface area contributed by atoms with Gasteiger partial charge in [0.2, 0.25) is 0 Å². The Labute approximate surface area is 166 Å². The molecule has 1 unspecified atom stereocenters. The number of benzene rings is 1. The number of carbonyl (C=O) groups excluding carboxylic acids is 1. The third kappa shape index (κ3) is 6.55. The maximum Gasteiger partial charge on any atom is 0.312 e. The first kappa shape index (κ1) is 23.5. The number of esters is 1. The molecule has 0 aromatic heterocycles. The fourth-order valence-electron chi connectivity index (χ4n) is 3.28. The number of ether oxygens (including phenoxy) is 1. The van der Waals surface area contributed by atoms with Gasteiger partial charge in [-0.3, -0.25) is 4.79 Å². The van der Waals surface area contributed by atoms with Crippen molar-refractivity contribution in [2.24, 2.45) is 11.3 Å². The van der Waals surface area contributed by atoms with Crippen LogP contribution in [0.2, 0.25) is 0 Å². The first-order chi connectivity index (χ1) is 12.6. The van der Waals surface area contributed by atoms with Crippen LogP contribution in [0.1, 0.15) is 98.5 Å². The van der Waals surface area contributed by atoms with Gasteiger partial charge in [0.05, 0.1) is 5.41 Å². The van der Waals surface area contributed by atoms with E-state index in [-0.39, 0.29) is 17.0 Å². The van der Waals surface area contributed by atoms with E-state index in [4.69, 9.17) is 9.84 Å². The summed E-state index contributed by atoms with van der Waals surface area (Å²) in [5.74, 6) is 1.34. The van der Waals surface area contributed by atoms with Crippen LogP contribution in [-0.2, 0) is 9.53 Å². The minimum atomic E-state index is -0.343. The summed E-state index contributed by atoms with van der Waals surface area (Å²) in [5, 5.41) is 9.01. The molecule has 0 bridgehead atoms. The summed E-state index contributed by atoms with van der Waals surface area (Å²) in [6, 6.07) is 7.43. The maximum atomic E-state index is 12.1. The van der Waals surface area contributed by atoms with E-state index < -0.39 is 0 Å². The van der Waals surface area contributed by atoms with Gasteiger partial charge in [0, 0.05) is 0 Å². The van der Waals surface area contributed by atoms with Gasteiger partial charge in [0.25, 0.3) is 0 Å². The summed E-state index contributed by atoms with van der Waals surface area (Å²) in [5.41, 5.74) is 0.777. The van der Waals surface area contributed by atoms with Gasteiger partial charge in [-0.1, -0.05) is 46.8 Å². The van der Waals surface area contributed by atoms with Gasteiger partial charge >= 0.3 is 5.97 Å². The van der Waals surface area contributed by atoms with Gasteiger partial charge in [-0.05, 0) is 81.9 Å². The molecule has 3 nitrogen and oxygen atoms in total. The zero-order valence-electron chi connectivity index (χ0n) is 18.5. The average Bonchev–Trinajstić information content (AvgIpc) is 3.12. The minimum absolute atomic E-state index is 0.0226. The molecule has 27 heavy (non-hydrogen) atoms. The van der Waals surface area contributed by atoms with Crippen LogP contribution < -0.4 is 0 Å². The van der Waals surface area contributed by atoms with Gasteiger partial charge in [-0.2, -0.15) is 0 Å². The standard InChI is InChI=1S/C14H26O2.C10H14O/c1-6-13(4,5)12(15)16-14(11(2)3)9-7-8-10-14;1-3-8(2)9-4-6-10(11)7-5-9/h11H,6-10H2,1-5H3;4-8,11H,3H2,1-2H3. The van der Waals surface area contributed by atoms with Gasteiger partial charge in [-0.25, -0.2) is 0 Å². The predicted molar refractivity (Wildman–Crippen MR) is 113 cm³/mol. The van der Waals surface area contributed by atoms with Crippen molar-refractivity contribution in [2.45, 2.75) is 98.5 Å². The van der Waals surface area contributed by atoms with Crippen LogP contribution in [0.3, 0.4) is 0 Å². The van der Waals surface area contributed by atoms with Crippen molar-refractivity contribution >= 4 is 5.97 Å². The Morgan fingerprint density at radius 3 is 2.04 bits per heavy atom. The molecule has 3 heteroatoms. The Balaban J connectivity index is 0.000000289. The molecule has 1 fully saturated rings. The van der Waals surface area contributed by atoms with Crippen LogP contribution in [0.25, 0.3) is 0 Å². The Kier molecular flexibility index (Phi) is 8.84. The maximum absolute atomic E-state index is 12.1. The lowest BCUT2D eigenvalue weighted by molar-refractivity contribution is -0.175. The molecule has 1 aliphatic carbocycles. The number of carbonyl (C=O) groups is 1. The van der Waals surface area contributed by atoms with Gasteiger partial charge in [-0.15, -0.1) is 0 Å². The Morgan fingerprint density at radius 2 is 1.63 bits per heavy atom. The lowest BCUT2D eigenvalue weighted by Crippen LogP contribution is -2.41. The van der Waals surface area contributed by atoms with E-state index in [2.05, 4.69) is 27.7 Å². The molecule has 1 atom stereocenters. The molecule has 1 saturated carbocycles. The monoisotopic (exact) mass is 376 g/mol. The van der Waals surface area contributed by atoms with Gasteiger partial charge in [0.15, 0.2) is 0 Å². The molecule has 0 amide bonds. The molecule has 154 valence electrons. The average molecular weight is 377 g/mol. The summed E-state index contributed by atoms with van der Waals surface area (Å²) in [4.78, 5) is 12.1. The Bertz CT molecular complexity index is 566. The molecule has 0 aliphatic heterocycles. The zero-order chi connectivity index (χ0) is 20.7. The molecule has 1 aliphatic rings. The topological polar surface area (TPSA) is 46.5 Å². The quantitative estimate of drug-likeness (QED) is 0.553. The van der Waals surface area contributed by atoms with E-state index in [1.165, 1.54) is 18.4 Å². The fraction of sp³-hybridized carbons (Fsp3) is 0.708. The molecule has 0 radical (unpaired) electrons. The van der Waals surface area contributed by atoms with Gasteiger partial charge < -0.3 is 9.84 Å². The molecule has 1 aromatic carbocycles. The third-order valence-corrected chi connectivity index (χ3v) is 6.31. The normalized spacial score (nSPS) is 17.2. The van der Waals surface area contributed by atoms with Crippen molar-refractivity contribution in [1.29, 1.82) is 0 Å². The predicted octanol–water partition coefficient (Wildman–Crippen LogP) is 6.84. The van der Waals surface area contributed by atoms with E-state index in [9.17, 15) is 4.79 Å². The van der Waals surface area contributed by atoms with Crippen LogP contribution >= 0.6 is 0 Å². The molecular weight excluding hydrogens is 336 g/mol. The largest absolute Gasteiger partial charge is 0.508 e. The fourth-order valence-corrected chi connectivity index (χ4v) is 3.28. The third-order valence-electron chi connectivity index (χ3n) is 6.31. The first-order valence-electron chi connectivity index (χ1n) is 10.6. The van der Waals surface area contributed by atoms with Gasteiger partial charge in [0.1, 0.15) is 11.4 Å². The van der Waals surface area contributed by atoms with Crippen LogP contribution in [0.15, 0.2) is 24.3 Å². The van der Waals surface area contributed by atoms with Crippen LogP contribution in [0.4, 0.5) is 0 Å². The number of hydrogen-bond acceptors (Lipinski definition) is 3. The van der Waals surface area contributed by atoms with Crippen molar-refractivity contribution in [3.05, 3.63) is 29.8 Å². The van der Waals surface area contributed by atoms with E-state index in [1.54, 1.807) is 12.1 Å². The number of rotatable bonds is 6. The van der Waals surface area contributed by atoms with Crippen LogP contribution in [0.5, 0.6) is 5.75 Å². The number of aromatic hydroxyl groups is 1. The molecule has 1 aromatic rings. The molecule has 1 N–H and O–H groups in total. The summed E-state index contributed by atoms with van der Waals surface area (Å²) < 4.78 is 5.88. The highest BCUT2D eigenvalue weighted by atomic mass is 16.6. The molecule has 0 heterocycles. The minimum Gasteiger partial charge on any atom is -0.508 e. The first-order valence-corrected chi connectivity index (χ1v) is 10.6. The molecular formula is C24H40O3. The van der Waals surface area contributed by atoms with Crippen molar-refractivity contribution < 1.29 is 14.6 Å². The molecule has 0 spiro atoms. The van der Waals surface area contributed by atoms with E-state index >= 15 is 0 Å². The lowest BCUT2D eigenvalue weighted by Gasteiger charge is -2.36. The van der Waals surface area contributed by atoms with Crippen molar-refractivity contribution in [3.63, 3.8) is 0 Å². The molecule has 2 rings (SSSR count). The van der Waals surface area contributed by atoms with E-state index in [0.29, 0.717) is 17.6 Å². The van der Waals surface area contributed by atoms with E-state index in [0.717, 1.165) is 25.7 Å². The lowest BCUT2D eigenvalue weighted by atomic mass is 9.86. The number of hydrogen-bond donors (Lipinski definition) is 1. The zero-order valence-corrected chi connectivity index (χ0v) is 18.5. The summed E-state index contributed by atoms with van der Waals surface area (Å²) in [6.45, 7) is 14.7. The van der Waals surface area contributed by atoms with E-state index in [1.807, 2.05) is 32.9 Å².